The smallest absolute Gasteiger partial charge is 0.333 e. The van der Waals surface area contributed by atoms with Crippen molar-refractivity contribution < 1.29 is 15.0 Å². The Balaban J connectivity index is 3.34. The van der Waals surface area contributed by atoms with Gasteiger partial charge in [0.15, 0.2) is 6.10 Å². The van der Waals surface area contributed by atoms with E-state index in [9.17, 15) is 4.79 Å². The maximum Gasteiger partial charge on any atom is 0.333 e. The average Bonchev–Trinajstić information content (AvgIpc) is 1.65. The van der Waals surface area contributed by atoms with Gasteiger partial charge in [-0.3, -0.25) is 0 Å². The van der Waals surface area contributed by atoms with Crippen LogP contribution in [0, 0.1) is 0 Å². The van der Waals surface area contributed by atoms with Gasteiger partial charge >= 0.3 is 5.97 Å². The largest absolute Gasteiger partial charge is 0.479 e. The van der Waals surface area contributed by atoms with Gasteiger partial charge in [-0.1, -0.05) is 0 Å². The minimum atomic E-state index is -1.40. The molecular weight excluding hydrogens is 98.0 g/mol. The van der Waals surface area contributed by atoms with E-state index in [4.69, 9.17) is 15.9 Å². The van der Waals surface area contributed by atoms with Crippen molar-refractivity contribution in [2.24, 2.45) is 5.73 Å². The van der Waals surface area contributed by atoms with Crippen molar-refractivity contribution >= 4 is 5.97 Å². The molecule has 0 aromatic heterocycles. The monoisotopic (exact) mass is 105 g/mol. The highest BCUT2D eigenvalue weighted by atomic mass is 16.4. The highest BCUT2D eigenvalue weighted by molar-refractivity contribution is 5.72. The molecule has 0 aromatic carbocycles. The highest BCUT2D eigenvalue weighted by Gasteiger charge is 2.07. The molecule has 1 atom stereocenters. The van der Waals surface area contributed by atoms with Gasteiger partial charge < -0.3 is 15.9 Å². The molecule has 7 heavy (non-hydrogen) atoms. The summed E-state index contributed by atoms with van der Waals surface area (Å²) < 4.78 is 0. The van der Waals surface area contributed by atoms with E-state index in [1.165, 1.54) is 0 Å². The van der Waals surface area contributed by atoms with Crippen LogP contribution in [-0.2, 0) is 4.79 Å². The van der Waals surface area contributed by atoms with E-state index in [2.05, 4.69) is 0 Å². The summed E-state index contributed by atoms with van der Waals surface area (Å²) in [6.07, 6.45) is -1.40. The van der Waals surface area contributed by atoms with E-state index < -0.39 is 12.1 Å². The molecule has 0 aliphatic carbocycles. The molecule has 4 nitrogen and oxygen atoms in total. The van der Waals surface area contributed by atoms with E-state index in [1.54, 1.807) is 0 Å². The Labute approximate surface area is 40.6 Å². The molecule has 1 unspecified atom stereocenters. The first-order chi connectivity index (χ1) is 3.18. The van der Waals surface area contributed by atoms with E-state index in [-0.39, 0.29) is 6.54 Å². The Morgan fingerprint density at radius 1 is 1.86 bits per heavy atom. The summed E-state index contributed by atoms with van der Waals surface area (Å²) in [6, 6.07) is 0. The van der Waals surface area contributed by atoms with Crippen molar-refractivity contribution in [3.63, 3.8) is 0 Å². The predicted molar refractivity (Wildman–Crippen MR) is 22.7 cm³/mol. The molecule has 0 heterocycles. The molecule has 4 heteroatoms. The number of hydrogen-bond donors (Lipinski definition) is 3. The third kappa shape index (κ3) is 2.13. The lowest BCUT2D eigenvalue weighted by Gasteiger charge is -1.96. The molecule has 0 radical (unpaired) electrons. The number of aliphatic hydroxyl groups excluding tert-OH is 1. The van der Waals surface area contributed by atoms with Crippen molar-refractivity contribution in [3.05, 3.63) is 0 Å². The lowest BCUT2D eigenvalue weighted by molar-refractivity contribution is -0.145. The second kappa shape index (κ2) is 2.54. The van der Waals surface area contributed by atoms with Crippen LogP contribution in [0.2, 0.25) is 0 Å². The summed E-state index contributed by atoms with van der Waals surface area (Å²) in [7, 11) is 0. The third-order valence-electron chi connectivity index (χ3n) is 0.508. The molecule has 0 aliphatic rings. The molecular formula is C3H7NO3. The molecule has 4 N–H and O–H groups in total. The number of carbonyl (C=O) groups is 1. The number of rotatable bonds is 2. The summed E-state index contributed by atoms with van der Waals surface area (Å²) in [5.74, 6) is -1.28. The first-order valence-corrected chi connectivity index (χ1v) is 1.79. The van der Waals surface area contributed by atoms with Gasteiger partial charge in [0, 0.05) is 6.54 Å². The van der Waals surface area contributed by atoms with Crippen LogP contribution in [0.1, 0.15) is 0 Å². The van der Waals surface area contributed by atoms with Crippen molar-refractivity contribution in [2.45, 2.75) is 6.10 Å². The molecule has 0 fully saturated rings. The Bertz CT molecular complexity index is 72.6. The molecule has 0 saturated carbocycles. The van der Waals surface area contributed by atoms with Gasteiger partial charge in [-0.25, -0.2) is 4.79 Å². The van der Waals surface area contributed by atoms with Gasteiger partial charge in [-0.05, 0) is 0 Å². The zero-order chi connectivity index (χ0) is 5.86. The van der Waals surface area contributed by atoms with Gasteiger partial charge in [-0.2, -0.15) is 0 Å². The zero-order valence-corrected chi connectivity index (χ0v) is 3.66. The van der Waals surface area contributed by atoms with E-state index in [1.807, 2.05) is 0 Å². The fourth-order valence-electron chi connectivity index (χ4n) is 0.101. The summed E-state index contributed by atoms with van der Waals surface area (Å²) in [6.45, 7) is -0.227. The second-order valence-electron chi connectivity index (χ2n) is 1.09. The number of aliphatic hydroxyl groups is 1. The summed E-state index contributed by atoms with van der Waals surface area (Å²) in [4.78, 5) is 9.60. The summed E-state index contributed by atoms with van der Waals surface area (Å²) >= 11 is 0. The van der Waals surface area contributed by atoms with Crippen LogP contribution in [-0.4, -0.2) is 28.8 Å². The van der Waals surface area contributed by atoms with Gasteiger partial charge in [0.25, 0.3) is 0 Å². The van der Waals surface area contributed by atoms with Crippen molar-refractivity contribution in [1.29, 1.82) is 0 Å². The molecule has 0 amide bonds. The fraction of sp³-hybridized carbons (Fsp3) is 0.667. The predicted octanol–water partition coefficient (Wildman–Crippen LogP) is -1.61. The average molecular weight is 105 g/mol. The molecule has 0 aromatic rings. The van der Waals surface area contributed by atoms with Crippen molar-refractivity contribution in [3.8, 4) is 0 Å². The lowest BCUT2D eigenvalue weighted by atomic mass is 10.4. The minimum Gasteiger partial charge on any atom is -0.479 e. The number of nitrogens with two attached hydrogens (primary N) is 1. The van der Waals surface area contributed by atoms with Crippen LogP contribution in [0.3, 0.4) is 0 Å². The molecule has 0 aliphatic heterocycles. The number of carboxylic acids is 1. The van der Waals surface area contributed by atoms with Crippen LogP contribution in [0.4, 0.5) is 0 Å². The minimum absolute atomic E-state index is 0.227. The van der Waals surface area contributed by atoms with Crippen LogP contribution < -0.4 is 5.73 Å². The van der Waals surface area contributed by atoms with Crippen LogP contribution >= 0.6 is 0 Å². The normalized spacial score (nSPS) is 13.4. The van der Waals surface area contributed by atoms with E-state index >= 15 is 0 Å². The fourth-order valence-corrected chi connectivity index (χ4v) is 0.101. The first-order valence-electron chi connectivity index (χ1n) is 1.79. The van der Waals surface area contributed by atoms with Gasteiger partial charge in [-0.15, -0.1) is 0 Å². The highest BCUT2D eigenvalue weighted by Crippen LogP contribution is 1.73. The van der Waals surface area contributed by atoms with Gasteiger partial charge in [0.05, 0.1) is 0 Å². The quantitative estimate of drug-likeness (QED) is 0.394. The Kier molecular flexibility index (Phi) is 2.32. The molecule has 42 valence electrons. The zero-order valence-electron chi connectivity index (χ0n) is 3.66. The van der Waals surface area contributed by atoms with E-state index in [0.29, 0.717) is 0 Å². The van der Waals surface area contributed by atoms with Crippen LogP contribution in [0.25, 0.3) is 0 Å². The lowest BCUT2D eigenvalue weighted by Crippen LogP contribution is -2.28. The van der Waals surface area contributed by atoms with Gasteiger partial charge in [0.2, 0.25) is 0 Å². The first kappa shape index (κ1) is 6.39. The van der Waals surface area contributed by atoms with Crippen LogP contribution in [0.15, 0.2) is 0 Å². The Morgan fingerprint density at radius 3 is 2.29 bits per heavy atom. The van der Waals surface area contributed by atoms with Gasteiger partial charge in [0.1, 0.15) is 0 Å². The molecule has 0 rings (SSSR count). The molecule has 0 spiro atoms. The Hall–Kier alpha value is -0.610. The number of carboxylic acid groups (broad SMARTS) is 1. The van der Waals surface area contributed by atoms with Crippen molar-refractivity contribution in [1.82, 2.24) is 0 Å². The van der Waals surface area contributed by atoms with Crippen LogP contribution in [0.5, 0.6) is 0 Å². The Morgan fingerprint density at radius 2 is 2.29 bits per heavy atom. The maximum atomic E-state index is 9.60. The molecule has 0 saturated heterocycles. The second-order valence-corrected chi connectivity index (χ2v) is 1.09. The topological polar surface area (TPSA) is 83.5 Å². The number of aliphatic carboxylic acids is 1. The molecule has 0 bridgehead atoms. The summed E-state index contributed by atoms with van der Waals surface area (Å²) in [5, 5.41) is 16.1. The number of hydrogen-bond acceptors (Lipinski definition) is 3. The maximum absolute atomic E-state index is 9.60. The van der Waals surface area contributed by atoms with Crippen molar-refractivity contribution in [2.75, 3.05) is 6.54 Å². The summed E-state index contributed by atoms with van der Waals surface area (Å²) in [5.41, 5.74) is 4.74. The SMILES string of the molecule is NCC(O)C(=O)O. The van der Waals surface area contributed by atoms with E-state index in [0.717, 1.165) is 0 Å². The standard InChI is InChI=1S/C3H7NO3/c4-1-2(5)3(6)7/h2,5H,1,4H2,(H,6,7). The third-order valence-corrected chi connectivity index (χ3v) is 0.508.